The van der Waals surface area contributed by atoms with E-state index in [1.54, 1.807) is 4.90 Å². The molecule has 1 unspecified atom stereocenters. The molecule has 2 aliphatic heterocycles. The van der Waals surface area contributed by atoms with Gasteiger partial charge < -0.3 is 9.64 Å². The standard InChI is InChI=1S/C13H16N2O4S/c14-20(17,18)11-6-13(16)15(8-11)7-9-1-2-12-10(5-9)3-4-19-12/h1-2,5,11H,3-4,6-8H2,(H2,14,17,18). The Bertz CT molecular complexity index is 656. The monoisotopic (exact) mass is 296 g/mol. The fraction of sp³-hybridized carbons (Fsp3) is 0.462. The van der Waals surface area contributed by atoms with Crippen molar-refractivity contribution in [1.29, 1.82) is 0 Å². The van der Waals surface area contributed by atoms with Crippen LogP contribution < -0.4 is 9.88 Å². The quantitative estimate of drug-likeness (QED) is 0.851. The van der Waals surface area contributed by atoms with E-state index in [1.165, 1.54) is 0 Å². The highest BCUT2D eigenvalue weighted by atomic mass is 32.2. The van der Waals surface area contributed by atoms with E-state index in [0.717, 1.165) is 23.3 Å². The van der Waals surface area contributed by atoms with Crippen molar-refractivity contribution in [1.82, 2.24) is 4.90 Å². The summed E-state index contributed by atoms with van der Waals surface area (Å²) in [7, 11) is -3.65. The zero-order chi connectivity index (χ0) is 14.3. The molecule has 20 heavy (non-hydrogen) atoms. The fourth-order valence-corrected chi connectivity index (χ4v) is 3.43. The Morgan fingerprint density at radius 1 is 1.40 bits per heavy atom. The van der Waals surface area contributed by atoms with Crippen LogP contribution in [-0.4, -0.2) is 37.6 Å². The van der Waals surface area contributed by atoms with Gasteiger partial charge in [0.15, 0.2) is 0 Å². The molecule has 0 aliphatic carbocycles. The molecule has 7 heteroatoms. The van der Waals surface area contributed by atoms with E-state index >= 15 is 0 Å². The van der Waals surface area contributed by atoms with Gasteiger partial charge in [-0.05, 0) is 17.2 Å². The first kappa shape index (κ1) is 13.4. The van der Waals surface area contributed by atoms with Crippen LogP contribution in [0.2, 0.25) is 0 Å². The minimum atomic E-state index is -3.65. The van der Waals surface area contributed by atoms with Crippen molar-refractivity contribution < 1.29 is 17.9 Å². The van der Waals surface area contributed by atoms with Gasteiger partial charge in [-0.15, -0.1) is 0 Å². The molecule has 2 aliphatic rings. The van der Waals surface area contributed by atoms with Crippen LogP contribution >= 0.6 is 0 Å². The van der Waals surface area contributed by atoms with Gasteiger partial charge in [0.1, 0.15) is 11.0 Å². The number of fused-ring (bicyclic) bond motifs is 1. The molecule has 1 aromatic rings. The molecule has 1 amide bonds. The number of carbonyl (C=O) groups is 1. The van der Waals surface area contributed by atoms with Gasteiger partial charge in [0, 0.05) is 25.9 Å². The van der Waals surface area contributed by atoms with Gasteiger partial charge in [0.25, 0.3) is 0 Å². The first-order valence-corrected chi connectivity index (χ1v) is 8.08. The molecular formula is C13H16N2O4S. The van der Waals surface area contributed by atoms with Gasteiger partial charge in [-0.3, -0.25) is 4.79 Å². The number of hydrogen-bond donors (Lipinski definition) is 1. The number of ether oxygens (including phenoxy) is 1. The molecular weight excluding hydrogens is 280 g/mol. The van der Waals surface area contributed by atoms with Crippen LogP contribution in [0.1, 0.15) is 17.5 Å². The second kappa shape index (κ2) is 4.75. The maximum absolute atomic E-state index is 11.9. The van der Waals surface area contributed by atoms with Crippen molar-refractivity contribution in [3.8, 4) is 5.75 Å². The van der Waals surface area contributed by atoms with E-state index in [4.69, 9.17) is 9.88 Å². The van der Waals surface area contributed by atoms with Crippen LogP contribution in [0, 0.1) is 0 Å². The summed E-state index contributed by atoms with van der Waals surface area (Å²) in [6.45, 7) is 1.28. The predicted molar refractivity (Wildman–Crippen MR) is 72.6 cm³/mol. The number of primary sulfonamides is 1. The molecule has 1 atom stereocenters. The summed E-state index contributed by atoms with van der Waals surface area (Å²) in [5.41, 5.74) is 2.12. The van der Waals surface area contributed by atoms with E-state index in [9.17, 15) is 13.2 Å². The summed E-state index contributed by atoms with van der Waals surface area (Å²) < 4.78 is 28.1. The number of nitrogens with zero attached hydrogens (tertiary/aromatic N) is 1. The molecule has 3 rings (SSSR count). The van der Waals surface area contributed by atoms with Gasteiger partial charge in [0.2, 0.25) is 15.9 Å². The van der Waals surface area contributed by atoms with Crippen LogP contribution in [0.5, 0.6) is 5.75 Å². The van der Waals surface area contributed by atoms with E-state index in [1.807, 2.05) is 18.2 Å². The molecule has 0 saturated carbocycles. The first-order chi connectivity index (χ1) is 9.43. The number of nitrogens with two attached hydrogens (primary N) is 1. The number of carbonyl (C=O) groups excluding carboxylic acids is 1. The Labute approximate surface area is 117 Å². The molecule has 1 saturated heterocycles. The lowest BCUT2D eigenvalue weighted by Crippen LogP contribution is -2.31. The van der Waals surface area contributed by atoms with Crippen molar-refractivity contribution in [3.05, 3.63) is 29.3 Å². The lowest BCUT2D eigenvalue weighted by molar-refractivity contribution is -0.128. The third-order valence-corrected chi connectivity index (χ3v) is 5.02. The normalized spacial score (nSPS) is 21.9. The summed E-state index contributed by atoms with van der Waals surface area (Å²) in [5, 5.41) is 4.32. The molecule has 6 nitrogen and oxygen atoms in total. The largest absolute Gasteiger partial charge is 0.493 e. The molecule has 0 aromatic heterocycles. The fourth-order valence-electron chi connectivity index (χ4n) is 2.67. The van der Waals surface area contributed by atoms with Gasteiger partial charge in [0.05, 0.1) is 6.61 Å². The third-order valence-electron chi connectivity index (χ3n) is 3.77. The van der Waals surface area contributed by atoms with Crippen LogP contribution in [0.4, 0.5) is 0 Å². The summed E-state index contributed by atoms with van der Waals surface area (Å²) in [5.74, 6) is 0.727. The molecule has 2 N–H and O–H groups in total. The van der Waals surface area contributed by atoms with Crippen LogP contribution in [-0.2, 0) is 27.8 Å². The van der Waals surface area contributed by atoms with Gasteiger partial charge >= 0.3 is 0 Å². The van der Waals surface area contributed by atoms with Crippen molar-refractivity contribution >= 4 is 15.9 Å². The summed E-state index contributed by atoms with van der Waals surface area (Å²) in [6, 6.07) is 5.82. The zero-order valence-corrected chi connectivity index (χ0v) is 11.7. The number of amides is 1. The topological polar surface area (TPSA) is 89.7 Å². The Morgan fingerprint density at radius 3 is 2.90 bits per heavy atom. The molecule has 1 fully saturated rings. The average Bonchev–Trinajstić information content (AvgIpc) is 2.95. The Morgan fingerprint density at radius 2 is 2.20 bits per heavy atom. The second-order valence-electron chi connectivity index (χ2n) is 5.23. The molecule has 1 aromatic carbocycles. The molecule has 108 valence electrons. The maximum atomic E-state index is 11.9. The van der Waals surface area contributed by atoms with E-state index in [0.29, 0.717) is 13.2 Å². The van der Waals surface area contributed by atoms with Gasteiger partial charge in [-0.2, -0.15) is 0 Å². The van der Waals surface area contributed by atoms with E-state index in [-0.39, 0.29) is 18.9 Å². The minimum Gasteiger partial charge on any atom is -0.493 e. The molecule has 0 radical (unpaired) electrons. The van der Waals surface area contributed by atoms with Gasteiger partial charge in [-0.1, -0.05) is 12.1 Å². The lowest BCUT2D eigenvalue weighted by atomic mass is 10.1. The summed E-state index contributed by atoms with van der Waals surface area (Å²) in [4.78, 5) is 13.4. The lowest BCUT2D eigenvalue weighted by Gasteiger charge is -2.16. The van der Waals surface area contributed by atoms with Crippen LogP contribution in [0.25, 0.3) is 0 Å². The van der Waals surface area contributed by atoms with Crippen LogP contribution in [0.3, 0.4) is 0 Å². The number of benzene rings is 1. The smallest absolute Gasteiger partial charge is 0.224 e. The predicted octanol–water partition coefficient (Wildman–Crippen LogP) is 0.0109. The minimum absolute atomic E-state index is 0.0209. The zero-order valence-electron chi connectivity index (χ0n) is 10.9. The maximum Gasteiger partial charge on any atom is 0.224 e. The first-order valence-electron chi connectivity index (χ1n) is 6.47. The number of rotatable bonds is 3. The van der Waals surface area contributed by atoms with Crippen molar-refractivity contribution in [2.75, 3.05) is 13.2 Å². The number of hydrogen-bond acceptors (Lipinski definition) is 4. The molecule has 0 bridgehead atoms. The SMILES string of the molecule is NS(=O)(=O)C1CC(=O)N(Cc2ccc3c(c2)CCO3)C1. The van der Waals surface area contributed by atoms with Crippen molar-refractivity contribution in [2.45, 2.75) is 24.6 Å². The highest BCUT2D eigenvalue weighted by molar-refractivity contribution is 7.89. The Kier molecular flexibility index (Phi) is 3.18. The number of likely N-dealkylation sites (tertiary alicyclic amines) is 1. The molecule has 2 heterocycles. The summed E-state index contributed by atoms with van der Waals surface area (Å²) in [6.07, 6.45) is 0.851. The third kappa shape index (κ3) is 2.51. The van der Waals surface area contributed by atoms with Crippen molar-refractivity contribution in [3.63, 3.8) is 0 Å². The summed E-state index contributed by atoms with van der Waals surface area (Å²) >= 11 is 0. The highest BCUT2D eigenvalue weighted by Crippen LogP contribution is 2.27. The Balaban J connectivity index is 1.74. The van der Waals surface area contributed by atoms with Crippen molar-refractivity contribution in [2.24, 2.45) is 5.14 Å². The molecule has 0 spiro atoms. The van der Waals surface area contributed by atoms with E-state index in [2.05, 4.69) is 0 Å². The highest BCUT2D eigenvalue weighted by Gasteiger charge is 2.36. The second-order valence-corrected chi connectivity index (χ2v) is 7.07. The van der Waals surface area contributed by atoms with Crippen LogP contribution in [0.15, 0.2) is 18.2 Å². The van der Waals surface area contributed by atoms with E-state index < -0.39 is 15.3 Å². The Hall–Kier alpha value is -1.60. The average molecular weight is 296 g/mol. The number of sulfonamides is 1. The van der Waals surface area contributed by atoms with Gasteiger partial charge in [-0.25, -0.2) is 13.6 Å².